The van der Waals surface area contributed by atoms with Crippen LogP contribution in [0.15, 0.2) is 64.5 Å². The molecule has 3 aromatic rings. The first-order valence-corrected chi connectivity index (χ1v) is 7.91. The van der Waals surface area contributed by atoms with Gasteiger partial charge >= 0.3 is 0 Å². The van der Waals surface area contributed by atoms with E-state index in [1.807, 2.05) is 0 Å². The average Bonchev–Trinajstić information content (AvgIpc) is 2.49. The molecule has 0 radical (unpaired) electrons. The highest BCUT2D eigenvalue weighted by Crippen LogP contribution is 2.32. The van der Waals surface area contributed by atoms with Gasteiger partial charge in [0, 0.05) is 11.6 Å². The molecule has 2 aromatic carbocycles. The fraction of sp³-hybridized carbons (Fsp3) is 0. The van der Waals surface area contributed by atoms with Gasteiger partial charge in [0.1, 0.15) is 16.2 Å². The minimum absolute atomic E-state index is 0.0247. The van der Waals surface area contributed by atoms with E-state index in [0.717, 1.165) is 6.20 Å². The van der Waals surface area contributed by atoms with E-state index in [1.54, 1.807) is 18.2 Å². The lowest BCUT2D eigenvalue weighted by Crippen LogP contribution is -2.04. The van der Waals surface area contributed by atoms with Gasteiger partial charge in [-0.25, -0.2) is 12.8 Å². The van der Waals surface area contributed by atoms with E-state index in [0.29, 0.717) is 0 Å². The van der Waals surface area contributed by atoms with E-state index in [9.17, 15) is 12.8 Å². The molecule has 0 bridgehead atoms. The van der Waals surface area contributed by atoms with Crippen LogP contribution in [-0.4, -0.2) is 13.4 Å². The molecular formula is C15H9ClFNO2S. The summed E-state index contributed by atoms with van der Waals surface area (Å²) in [6.45, 7) is 0. The molecule has 0 N–H and O–H groups in total. The van der Waals surface area contributed by atoms with Gasteiger partial charge in [0.15, 0.2) is 0 Å². The van der Waals surface area contributed by atoms with Gasteiger partial charge in [-0.15, -0.1) is 0 Å². The minimum Gasteiger partial charge on any atom is -0.252 e. The number of hydrogen-bond donors (Lipinski definition) is 0. The molecular weight excluding hydrogens is 313 g/mol. The van der Waals surface area contributed by atoms with Crippen LogP contribution in [0.2, 0.25) is 5.02 Å². The molecule has 0 fully saturated rings. The number of fused-ring (bicyclic) bond motifs is 1. The zero-order valence-corrected chi connectivity index (χ0v) is 12.2. The third-order valence-electron chi connectivity index (χ3n) is 3.09. The van der Waals surface area contributed by atoms with Gasteiger partial charge in [0.05, 0.1) is 9.92 Å². The molecule has 0 aliphatic rings. The Kier molecular flexibility index (Phi) is 3.39. The lowest BCUT2D eigenvalue weighted by Gasteiger charge is -2.08. The normalized spacial score (nSPS) is 11.7. The van der Waals surface area contributed by atoms with Crippen LogP contribution < -0.4 is 0 Å². The Morgan fingerprint density at radius 1 is 1.00 bits per heavy atom. The standard InChI is InChI=1S/C15H9ClFNO2S/c16-14-11-7-4-8-12(17)15(11)18-9-13(14)21(19,20)10-5-2-1-3-6-10/h1-9H. The molecule has 106 valence electrons. The Balaban J connectivity index is 2.30. The summed E-state index contributed by atoms with van der Waals surface area (Å²) in [6, 6.07) is 12.2. The van der Waals surface area contributed by atoms with Gasteiger partial charge in [-0.3, -0.25) is 4.98 Å². The first kappa shape index (κ1) is 14.0. The van der Waals surface area contributed by atoms with Gasteiger partial charge in [-0.05, 0) is 18.2 Å². The summed E-state index contributed by atoms with van der Waals surface area (Å²) in [4.78, 5) is 3.88. The van der Waals surface area contributed by atoms with E-state index < -0.39 is 15.7 Å². The van der Waals surface area contributed by atoms with E-state index in [-0.39, 0.29) is 25.7 Å². The van der Waals surface area contributed by atoms with E-state index in [4.69, 9.17) is 11.6 Å². The first-order chi connectivity index (χ1) is 10.0. The van der Waals surface area contributed by atoms with Crippen LogP contribution >= 0.6 is 11.6 Å². The van der Waals surface area contributed by atoms with Crippen molar-refractivity contribution in [3.8, 4) is 0 Å². The maximum Gasteiger partial charge on any atom is 0.209 e. The average molecular weight is 322 g/mol. The summed E-state index contributed by atoms with van der Waals surface area (Å²) >= 11 is 6.16. The first-order valence-electron chi connectivity index (χ1n) is 6.04. The fourth-order valence-electron chi connectivity index (χ4n) is 2.05. The zero-order valence-electron chi connectivity index (χ0n) is 10.6. The molecule has 0 amide bonds. The smallest absolute Gasteiger partial charge is 0.209 e. The molecule has 1 heterocycles. The number of nitrogens with zero attached hydrogens (tertiary/aromatic N) is 1. The number of pyridine rings is 1. The molecule has 0 aliphatic heterocycles. The second-order valence-corrected chi connectivity index (χ2v) is 6.68. The second kappa shape index (κ2) is 5.09. The number of hydrogen-bond acceptors (Lipinski definition) is 3. The molecule has 6 heteroatoms. The van der Waals surface area contributed by atoms with Crippen LogP contribution in [0.3, 0.4) is 0 Å². The van der Waals surface area contributed by atoms with Crippen molar-refractivity contribution >= 4 is 32.3 Å². The van der Waals surface area contributed by atoms with Gasteiger partial charge in [-0.2, -0.15) is 0 Å². The summed E-state index contributed by atoms with van der Waals surface area (Å²) < 4.78 is 38.8. The summed E-state index contributed by atoms with van der Waals surface area (Å²) in [5.74, 6) is -0.543. The predicted octanol–water partition coefficient (Wildman–Crippen LogP) is 3.86. The summed E-state index contributed by atoms with van der Waals surface area (Å²) in [5.41, 5.74) is 0.0505. The van der Waals surface area contributed by atoms with Crippen LogP contribution in [0.4, 0.5) is 4.39 Å². The Morgan fingerprint density at radius 3 is 2.43 bits per heavy atom. The minimum atomic E-state index is -3.79. The second-order valence-electron chi connectivity index (χ2n) is 4.39. The van der Waals surface area contributed by atoms with Crippen LogP contribution in [0.5, 0.6) is 0 Å². The van der Waals surface area contributed by atoms with Crippen LogP contribution in [0.1, 0.15) is 0 Å². The van der Waals surface area contributed by atoms with Crippen LogP contribution in [-0.2, 0) is 9.84 Å². The molecule has 0 spiro atoms. The SMILES string of the molecule is O=S(=O)(c1ccccc1)c1cnc2c(F)cccc2c1Cl. The topological polar surface area (TPSA) is 47.0 Å². The van der Waals surface area contributed by atoms with Gasteiger partial charge in [0.25, 0.3) is 0 Å². The van der Waals surface area contributed by atoms with Crippen molar-refractivity contribution in [1.29, 1.82) is 0 Å². The highest BCUT2D eigenvalue weighted by Gasteiger charge is 2.23. The lowest BCUT2D eigenvalue weighted by molar-refractivity contribution is 0.595. The van der Waals surface area contributed by atoms with Gasteiger partial charge in [-0.1, -0.05) is 41.9 Å². The molecule has 1 aromatic heterocycles. The monoisotopic (exact) mass is 321 g/mol. The Morgan fingerprint density at radius 2 is 1.71 bits per heavy atom. The summed E-state index contributed by atoms with van der Waals surface area (Å²) in [6.07, 6.45) is 1.09. The molecule has 0 saturated heterocycles. The number of halogens is 2. The molecule has 0 atom stereocenters. The highest BCUT2D eigenvalue weighted by atomic mass is 35.5. The Bertz CT molecular complexity index is 927. The summed E-state index contributed by atoms with van der Waals surface area (Å²) in [5, 5.41) is 0.247. The predicted molar refractivity (Wildman–Crippen MR) is 78.6 cm³/mol. The molecule has 3 rings (SSSR count). The van der Waals surface area contributed by atoms with Crippen LogP contribution in [0.25, 0.3) is 10.9 Å². The fourth-order valence-corrected chi connectivity index (χ4v) is 3.86. The number of sulfone groups is 1. The molecule has 3 nitrogen and oxygen atoms in total. The largest absolute Gasteiger partial charge is 0.252 e. The number of aromatic nitrogens is 1. The number of para-hydroxylation sites is 1. The number of benzene rings is 2. The van der Waals surface area contributed by atoms with Gasteiger partial charge in [0.2, 0.25) is 9.84 Å². The Hall–Kier alpha value is -1.98. The molecule has 0 aliphatic carbocycles. The maximum atomic E-state index is 13.6. The van der Waals surface area contributed by atoms with E-state index in [1.165, 1.54) is 30.3 Å². The van der Waals surface area contributed by atoms with Gasteiger partial charge < -0.3 is 0 Å². The van der Waals surface area contributed by atoms with Crippen molar-refractivity contribution in [1.82, 2.24) is 4.98 Å². The Labute approximate surface area is 125 Å². The van der Waals surface area contributed by atoms with Crippen molar-refractivity contribution in [2.45, 2.75) is 9.79 Å². The summed E-state index contributed by atoms with van der Waals surface area (Å²) in [7, 11) is -3.79. The molecule has 21 heavy (non-hydrogen) atoms. The van der Waals surface area contributed by atoms with Crippen molar-refractivity contribution in [3.05, 3.63) is 65.6 Å². The third kappa shape index (κ3) is 2.28. The third-order valence-corrected chi connectivity index (χ3v) is 5.39. The van der Waals surface area contributed by atoms with Crippen LogP contribution in [0, 0.1) is 5.82 Å². The molecule has 0 saturated carbocycles. The van der Waals surface area contributed by atoms with E-state index >= 15 is 0 Å². The van der Waals surface area contributed by atoms with E-state index in [2.05, 4.69) is 4.98 Å². The highest BCUT2D eigenvalue weighted by molar-refractivity contribution is 7.91. The maximum absolute atomic E-state index is 13.6. The quantitative estimate of drug-likeness (QED) is 0.720. The zero-order chi connectivity index (χ0) is 15.0. The van der Waals surface area contributed by atoms with Crippen molar-refractivity contribution < 1.29 is 12.8 Å². The van der Waals surface area contributed by atoms with Crippen molar-refractivity contribution in [2.75, 3.05) is 0 Å². The van der Waals surface area contributed by atoms with Crippen molar-refractivity contribution in [2.24, 2.45) is 0 Å². The lowest BCUT2D eigenvalue weighted by atomic mass is 10.2. The van der Waals surface area contributed by atoms with Crippen molar-refractivity contribution in [3.63, 3.8) is 0 Å². The molecule has 0 unspecified atom stereocenters. The number of rotatable bonds is 2.